The maximum Gasteiger partial charge on any atom is 0.242 e. The molecular formula is C18H27N3O3. The van der Waals surface area contributed by atoms with Gasteiger partial charge in [0.25, 0.3) is 0 Å². The Bertz CT molecular complexity index is 551. The lowest BCUT2D eigenvalue weighted by Crippen LogP contribution is -2.51. The maximum absolute atomic E-state index is 12.4. The SMILES string of the molecule is CCCN(CC(=O)N1CCN(c2ccc(OC)cc2)CC1)C(C)=O. The summed E-state index contributed by atoms with van der Waals surface area (Å²) in [5.41, 5.74) is 1.14. The first-order chi connectivity index (χ1) is 11.5. The van der Waals surface area contributed by atoms with Crippen LogP contribution >= 0.6 is 0 Å². The van der Waals surface area contributed by atoms with Gasteiger partial charge in [0, 0.05) is 45.3 Å². The molecule has 0 unspecified atom stereocenters. The molecule has 2 amide bonds. The van der Waals surface area contributed by atoms with E-state index in [9.17, 15) is 9.59 Å². The number of rotatable bonds is 6. The molecule has 6 nitrogen and oxygen atoms in total. The van der Waals surface area contributed by atoms with Crippen molar-refractivity contribution in [3.63, 3.8) is 0 Å². The van der Waals surface area contributed by atoms with E-state index in [0.29, 0.717) is 19.6 Å². The third kappa shape index (κ3) is 4.63. The van der Waals surface area contributed by atoms with E-state index < -0.39 is 0 Å². The molecule has 1 aliphatic rings. The van der Waals surface area contributed by atoms with Crippen LogP contribution in [0.2, 0.25) is 0 Å². The molecular weight excluding hydrogens is 306 g/mol. The summed E-state index contributed by atoms with van der Waals surface area (Å²) >= 11 is 0. The Labute approximate surface area is 144 Å². The topological polar surface area (TPSA) is 53.1 Å². The summed E-state index contributed by atoms with van der Waals surface area (Å²) in [6, 6.07) is 7.97. The van der Waals surface area contributed by atoms with E-state index in [4.69, 9.17) is 4.74 Å². The van der Waals surface area contributed by atoms with Crippen LogP contribution in [0.1, 0.15) is 20.3 Å². The minimum absolute atomic E-state index is 0.0352. The lowest BCUT2D eigenvalue weighted by Gasteiger charge is -2.37. The largest absolute Gasteiger partial charge is 0.497 e. The summed E-state index contributed by atoms with van der Waals surface area (Å²) < 4.78 is 5.18. The Morgan fingerprint density at radius 1 is 1.12 bits per heavy atom. The Balaban J connectivity index is 1.87. The van der Waals surface area contributed by atoms with E-state index in [0.717, 1.165) is 30.9 Å². The summed E-state index contributed by atoms with van der Waals surface area (Å²) in [5, 5.41) is 0. The number of ether oxygens (including phenoxy) is 1. The van der Waals surface area contributed by atoms with Crippen LogP contribution in [0.15, 0.2) is 24.3 Å². The molecule has 0 saturated carbocycles. The van der Waals surface area contributed by atoms with Crippen LogP contribution in [0.25, 0.3) is 0 Å². The van der Waals surface area contributed by atoms with Gasteiger partial charge in [-0.25, -0.2) is 0 Å². The van der Waals surface area contributed by atoms with Crippen LogP contribution in [-0.4, -0.2) is 68.0 Å². The number of benzene rings is 1. The quantitative estimate of drug-likeness (QED) is 0.793. The lowest BCUT2D eigenvalue weighted by atomic mass is 10.2. The summed E-state index contributed by atoms with van der Waals surface area (Å²) in [7, 11) is 1.66. The van der Waals surface area contributed by atoms with E-state index in [1.807, 2.05) is 36.1 Å². The summed E-state index contributed by atoms with van der Waals surface area (Å²) in [6.07, 6.45) is 0.859. The van der Waals surface area contributed by atoms with Crippen molar-refractivity contribution >= 4 is 17.5 Å². The van der Waals surface area contributed by atoms with Crippen molar-refractivity contribution in [1.82, 2.24) is 9.80 Å². The van der Waals surface area contributed by atoms with Gasteiger partial charge >= 0.3 is 0 Å². The molecule has 0 atom stereocenters. The second-order valence-electron chi connectivity index (χ2n) is 6.01. The van der Waals surface area contributed by atoms with Gasteiger partial charge in [0.05, 0.1) is 13.7 Å². The fourth-order valence-corrected chi connectivity index (χ4v) is 2.89. The van der Waals surface area contributed by atoms with E-state index >= 15 is 0 Å². The minimum Gasteiger partial charge on any atom is -0.497 e. The summed E-state index contributed by atoms with van der Waals surface area (Å²) in [6.45, 7) is 7.31. The van der Waals surface area contributed by atoms with Crippen LogP contribution < -0.4 is 9.64 Å². The Kier molecular flexibility index (Phi) is 6.46. The molecule has 0 aromatic heterocycles. The molecule has 132 valence electrons. The van der Waals surface area contributed by atoms with Crippen molar-refractivity contribution < 1.29 is 14.3 Å². The summed E-state index contributed by atoms with van der Waals surface area (Å²) in [5.74, 6) is 0.836. The molecule has 6 heteroatoms. The van der Waals surface area contributed by atoms with Crippen LogP contribution in [-0.2, 0) is 9.59 Å². The van der Waals surface area contributed by atoms with E-state index in [-0.39, 0.29) is 18.4 Å². The van der Waals surface area contributed by atoms with E-state index in [1.165, 1.54) is 6.92 Å². The van der Waals surface area contributed by atoms with Crippen LogP contribution in [0.4, 0.5) is 5.69 Å². The van der Waals surface area contributed by atoms with Gasteiger partial charge in [-0.3, -0.25) is 9.59 Å². The van der Waals surface area contributed by atoms with Crippen molar-refractivity contribution in [2.24, 2.45) is 0 Å². The van der Waals surface area contributed by atoms with Crippen molar-refractivity contribution in [3.8, 4) is 5.75 Å². The Morgan fingerprint density at radius 2 is 1.75 bits per heavy atom. The molecule has 0 aliphatic carbocycles. The van der Waals surface area contributed by atoms with E-state index in [1.54, 1.807) is 12.0 Å². The molecule has 0 spiro atoms. The molecule has 1 aromatic carbocycles. The highest BCUT2D eigenvalue weighted by Gasteiger charge is 2.23. The first kappa shape index (κ1) is 18.1. The average molecular weight is 333 g/mol. The fourth-order valence-electron chi connectivity index (χ4n) is 2.89. The second-order valence-corrected chi connectivity index (χ2v) is 6.01. The third-order valence-electron chi connectivity index (χ3n) is 4.33. The van der Waals surface area contributed by atoms with Gasteiger partial charge in [0.1, 0.15) is 5.75 Å². The number of hydrogen-bond acceptors (Lipinski definition) is 4. The molecule has 1 aromatic rings. The monoisotopic (exact) mass is 333 g/mol. The van der Waals surface area contributed by atoms with Crippen molar-refractivity contribution in [2.45, 2.75) is 20.3 Å². The molecule has 1 saturated heterocycles. The van der Waals surface area contributed by atoms with Crippen molar-refractivity contribution in [3.05, 3.63) is 24.3 Å². The number of amides is 2. The first-order valence-electron chi connectivity index (χ1n) is 8.47. The molecule has 2 rings (SSSR count). The van der Waals surface area contributed by atoms with Crippen LogP contribution in [0, 0.1) is 0 Å². The normalized spacial score (nSPS) is 14.5. The zero-order valence-corrected chi connectivity index (χ0v) is 14.8. The highest BCUT2D eigenvalue weighted by molar-refractivity contribution is 5.84. The standard InChI is InChI=1S/C18H27N3O3/c1-4-9-21(15(2)22)14-18(23)20-12-10-19(11-13-20)16-5-7-17(24-3)8-6-16/h5-8H,4,9-14H2,1-3H3. The third-order valence-corrected chi connectivity index (χ3v) is 4.33. The zero-order valence-electron chi connectivity index (χ0n) is 14.8. The number of hydrogen-bond donors (Lipinski definition) is 0. The zero-order chi connectivity index (χ0) is 17.5. The van der Waals surface area contributed by atoms with Crippen LogP contribution in [0.5, 0.6) is 5.75 Å². The Morgan fingerprint density at radius 3 is 2.25 bits per heavy atom. The molecule has 0 radical (unpaired) electrons. The molecule has 0 bridgehead atoms. The highest BCUT2D eigenvalue weighted by atomic mass is 16.5. The molecule has 1 fully saturated rings. The number of carbonyl (C=O) groups excluding carboxylic acids is 2. The summed E-state index contributed by atoms with van der Waals surface area (Å²) in [4.78, 5) is 29.7. The number of methoxy groups -OCH3 is 1. The van der Waals surface area contributed by atoms with Crippen molar-refractivity contribution in [1.29, 1.82) is 0 Å². The molecule has 1 aliphatic heterocycles. The van der Waals surface area contributed by atoms with Gasteiger partial charge in [-0.15, -0.1) is 0 Å². The maximum atomic E-state index is 12.4. The average Bonchev–Trinajstić information content (AvgIpc) is 2.61. The fraction of sp³-hybridized carbons (Fsp3) is 0.556. The molecule has 1 heterocycles. The smallest absolute Gasteiger partial charge is 0.242 e. The van der Waals surface area contributed by atoms with Gasteiger partial charge in [0.2, 0.25) is 11.8 Å². The Hall–Kier alpha value is -2.24. The van der Waals surface area contributed by atoms with Gasteiger partial charge in [0.15, 0.2) is 0 Å². The first-order valence-corrected chi connectivity index (χ1v) is 8.47. The van der Waals surface area contributed by atoms with Gasteiger partial charge in [-0.05, 0) is 30.7 Å². The van der Waals surface area contributed by atoms with Crippen LogP contribution in [0.3, 0.4) is 0 Å². The predicted molar refractivity (Wildman–Crippen MR) is 94.3 cm³/mol. The van der Waals surface area contributed by atoms with E-state index in [2.05, 4.69) is 4.90 Å². The lowest BCUT2D eigenvalue weighted by molar-refractivity contribution is -0.139. The highest BCUT2D eigenvalue weighted by Crippen LogP contribution is 2.20. The number of anilines is 1. The van der Waals surface area contributed by atoms with Crippen molar-refractivity contribution in [2.75, 3.05) is 51.3 Å². The van der Waals surface area contributed by atoms with Gasteiger partial charge in [-0.1, -0.05) is 6.92 Å². The van der Waals surface area contributed by atoms with Gasteiger partial charge < -0.3 is 19.4 Å². The minimum atomic E-state index is -0.0398. The molecule has 24 heavy (non-hydrogen) atoms. The second kappa shape index (κ2) is 8.57. The molecule has 0 N–H and O–H groups in total. The number of carbonyl (C=O) groups is 2. The number of piperazine rings is 1. The number of nitrogens with zero attached hydrogens (tertiary/aromatic N) is 3. The predicted octanol–water partition coefficient (Wildman–Crippen LogP) is 1.60. The van der Waals surface area contributed by atoms with Gasteiger partial charge in [-0.2, -0.15) is 0 Å².